The summed E-state index contributed by atoms with van der Waals surface area (Å²) in [5, 5.41) is 0. The van der Waals surface area contributed by atoms with Crippen LogP contribution in [0.5, 0.6) is 0 Å². The van der Waals surface area contributed by atoms with Crippen LogP contribution in [0.25, 0.3) is 22.4 Å². The molecule has 0 unspecified atom stereocenters. The number of hydrogen-bond donors (Lipinski definition) is 0. The number of aromatic nitrogens is 4. The van der Waals surface area contributed by atoms with Crippen LogP contribution in [-0.4, -0.2) is 31.1 Å². The van der Waals surface area contributed by atoms with Gasteiger partial charge in [-0.1, -0.05) is 20.3 Å². The number of hydrogen-bond acceptors (Lipinski definition) is 6. The van der Waals surface area contributed by atoms with Crippen molar-refractivity contribution in [3.63, 3.8) is 0 Å². The molecule has 0 bridgehead atoms. The highest BCUT2D eigenvalue weighted by Gasteiger charge is 2.33. The first-order valence-electron chi connectivity index (χ1n) is 9.73. The van der Waals surface area contributed by atoms with E-state index in [9.17, 15) is 9.59 Å². The van der Waals surface area contributed by atoms with Gasteiger partial charge in [0.05, 0.1) is 0 Å². The van der Waals surface area contributed by atoms with Gasteiger partial charge in [0.15, 0.2) is 5.65 Å². The molecule has 0 aromatic carbocycles. The first kappa shape index (κ1) is 20.6. The lowest BCUT2D eigenvalue weighted by atomic mass is 9.98. The van der Waals surface area contributed by atoms with Crippen LogP contribution in [-0.2, 0) is 9.53 Å². The van der Waals surface area contributed by atoms with Gasteiger partial charge in [-0.05, 0) is 51.0 Å². The Bertz CT molecular complexity index is 1070. The Kier molecular flexibility index (Phi) is 5.77. The monoisotopic (exact) mass is 394 g/mol. The lowest BCUT2D eigenvalue weighted by molar-refractivity contribution is -0.160. The number of carbonyl (C=O) groups is 1. The molecule has 0 aliphatic heterocycles. The Labute approximate surface area is 169 Å². The van der Waals surface area contributed by atoms with Crippen molar-refractivity contribution in [2.45, 2.75) is 52.7 Å². The normalized spacial score (nSPS) is 13.8. The van der Waals surface area contributed by atoms with Crippen molar-refractivity contribution in [2.24, 2.45) is 5.92 Å². The topological polar surface area (TPSA) is 87.0 Å². The Hall–Kier alpha value is -3.09. The quantitative estimate of drug-likeness (QED) is 0.612. The van der Waals surface area contributed by atoms with Crippen molar-refractivity contribution in [3.05, 3.63) is 53.2 Å². The van der Waals surface area contributed by atoms with E-state index in [1.54, 1.807) is 42.9 Å². The summed E-state index contributed by atoms with van der Waals surface area (Å²) in [5.74, 6) is -0.590. The largest absolute Gasteiger partial charge is 0.458 e. The van der Waals surface area contributed by atoms with Crippen LogP contribution in [0.1, 0.15) is 47.1 Å². The average molecular weight is 394 g/mol. The Morgan fingerprint density at radius 3 is 2.48 bits per heavy atom. The van der Waals surface area contributed by atoms with Gasteiger partial charge in [0, 0.05) is 24.2 Å². The number of carbonyl (C=O) groups excluding carboxylic acids is 1. The molecule has 0 radical (unpaired) electrons. The van der Waals surface area contributed by atoms with Crippen molar-refractivity contribution < 1.29 is 9.53 Å². The molecule has 0 aliphatic rings. The minimum absolute atomic E-state index is 0.138. The Morgan fingerprint density at radius 2 is 1.86 bits per heavy atom. The van der Waals surface area contributed by atoms with Gasteiger partial charge < -0.3 is 4.74 Å². The van der Waals surface area contributed by atoms with E-state index < -0.39 is 17.6 Å². The average Bonchev–Trinajstić information content (AvgIpc) is 2.68. The van der Waals surface area contributed by atoms with Crippen LogP contribution in [0.2, 0.25) is 0 Å². The van der Waals surface area contributed by atoms with E-state index >= 15 is 0 Å². The van der Waals surface area contributed by atoms with E-state index in [1.807, 2.05) is 34.6 Å². The second kappa shape index (κ2) is 8.11. The zero-order valence-corrected chi connectivity index (χ0v) is 17.4. The highest BCUT2D eigenvalue weighted by Crippen LogP contribution is 2.27. The standard InChI is InChI=1S/C22H26N4O3/c1-6-14(2)18(21(28)29-22(3,4)5)26-19-16(8-7-11-24-19)25-17(20(26)27)15-9-12-23-13-10-15/h7-14,18H,6H2,1-5H3/t14-,18-/m0/s1. The maximum absolute atomic E-state index is 13.5. The number of ether oxygens (including phenoxy) is 1. The second-order valence-corrected chi connectivity index (χ2v) is 8.08. The summed E-state index contributed by atoms with van der Waals surface area (Å²) >= 11 is 0. The third kappa shape index (κ3) is 4.34. The maximum Gasteiger partial charge on any atom is 0.330 e. The third-order valence-electron chi connectivity index (χ3n) is 4.71. The number of esters is 1. The molecule has 0 aliphatic carbocycles. The molecule has 7 heteroatoms. The minimum atomic E-state index is -0.812. The SMILES string of the molecule is CC[C@H](C)[C@@H](C(=O)OC(C)(C)C)n1c(=O)c(-c2ccncc2)nc2cccnc21. The number of nitrogens with zero attached hydrogens (tertiary/aromatic N) is 4. The summed E-state index contributed by atoms with van der Waals surface area (Å²) in [6.07, 6.45) is 5.49. The molecule has 0 spiro atoms. The molecule has 152 valence electrons. The fraction of sp³-hybridized carbons (Fsp3) is 0.409. The number of pyridine rings is 2. The molecular weight excluding hydrogens is 368 g/mol. The molecule has 0 amide bonds. The van der Waals surface area contributed by atoms with E-state index in [0.29, 0.717) is 23.1 Å². The molecule has 7 nitrogen and oxygen atoms in total. The fourth-order valence-electron chi connectivity index (χ4n) is 3.17. The minimum Gasteiger partial charge on any atom is -0.458 e. The van der Waals surface area contributed by atoms with Crippen molar-refractivity contribution in [1.29, 1.82) is 0 Å². The zero-order valence-electron chi connectivity index (χ0n) is 17.4. The van der Waals surface area contributed by atoms with E-state index in [2.05, 4.69) is 15.0 Å². The summed E-state index contributed by atoms with van der Waals surface area (Å²) in [4.78, 5) is 39.6. The van der Waals surface area contributed by atoms with Crippen molar-refractivity contribution >= 4 is 17.1 Å². The molecule has 0 N–H and O–H groups in total. The van der Waals surface area contributed by atoms with Crippen molar-refractivity contribution in [1.82, 2.24) is 19.5 Å². The van der Waals surface area contributed by atoms with E-state index in [0.717, 1.165) is 0 Å². The van der Waals surface area contributed by atoms with Crippen LogP contribution in [0, 0.1) is 5.92 Å². The molecular formula is C22H26N4O3. The van der Waals surface area contributed by atoms with Gasteiger partial charge in [-0.15, -0.1) is 0 Å². The van der Waals surface area contributed by atoms with Gasteiger partial charge >= 0.3 is 5.97 Å². The number of fused-ring (bicyclic) bond motifs is 1. The molecule has 0 saturated carbocycles. The fourth-order valence-corrected chi connectivity index (χ4v) is 3.17. The van der Waals surface area contributed by atoms with Crippen LogP contribution < -0.4 is 5.56 Å². The highest BCUT2D eigenvalue weighted by atomic mass is 16.6. The molecule has 0 saturated heterocycles. The van der Waals surface area contributed by atoms with Crippen molar-refractivity contribution in [3.8, 4) is 11.3 Å². The molecule has 3 rings (SSSR count). The van der Waals surface area contributed by atoms with E-state index in [-0.39, 0.29) is 17.2 Å². The van der Waals surface area contributed by atoms with Crippen LogP contribution in [0.3, 0.4) is 0 Å². The Morgan fingerprint density at radius 1 is 1.17 bits per heavy atom. The van der Waals surface area contributed by atoms with Gasteiger partial charge in [-0.25, -0.2) is 14.8 Å². The smallest absolute Gasteiger partial charge is 0.330 e. The van der Waals surface area contributed by atoms with Gasteiger partial charge in [-0.3, -0.25) is 14.3 Å². The van der Waals surface area contributed by atoms with Crippen LogP contribution in [0.4, 0.5) is 0 Å². The van der Waals surface area contributed by atoms with Gasteiger partial charge in [0.25, 0.3) is 5.56 Å². The summed E-state index contributed by atoms with van der Waals surface area (Å²) in [6.45, 7) is 9.35. The predicted octanol–water partition coefficient (Wildman–Crippen LogP) is 3.78. The van der Waals surface area contributed by atoms with Crippen molar-refractivity contribution in [2.75, 3.05) is 0 Å². The lowest BCUT2D eigenvalue weighted by Crippen LogP contribution is -2.39. The first-order valence-corrected chi connectivity index (χ1v) is 9.73. The lowest BCUT2D eigenvalue weighted by Gasteiger charge is -2.29. The van der Waals surface area contributed by atoms with Gasteiger partial charge in [0.2, 0.25) is 0 Å². The summed E-state index contributed by atoms with van der Waals surface area (Å²) in [7, 11) is 0. The van der Waals surface area contributed by atoms with E-state index in [1.165, 1.54) is 4.57 Å². The molecule has 0 fully saturated rings. The first-order chi connectivity index (χ1) is 13.7. The molecule has 3 heterocycles. The van der Waals surface area contributed by atoms with Crippen LogP contribution >= 0.6 is 0 Å². The van der Waals surface area contributed by atoms with E-state index in [4.69, 9.17) is 4.74 Å². The summed E-state index contributed by atoms with van der Waals surface area (Å²) in [5.41, 5.74) is 0.749. The highest BCUT2D eigenvalue weighted by molar-refractivity contribution is 5.80. The predicted molar refractivity (Wildman–Crippen MR) is 111 cm³/mol. The second-order valence-electron chi connectivity index (χ2n) is 8.08. The molecule has 29 heavy (non-hydrogen) atoms. The maximum atomic E-state index is 13.5. The summed E-state index contributed by atoms with van der Waals surface area (Å²) < 4.78 is 7.11. The van der Waals surface area contributed by atoms with Gasteiger partial charge in [-0.2, -0.15) is 0 Å². The zero-order chi connectivity index (χ0) is 21.2. The summed E-state index contributed by atoms with van der Waals surface area (Å²) in [6, 6.07) is 6.18. The Balaban J connectivity index is 2.31. The third-order valence-corrected chi connectivity index (χ3v) is 4.71. The number of rotatable bonds is 5. The van der Waals surface area contributed by atoms with Crippen LogP contribution in [0.15, 0.2) is 47.7 Å². The molecule has 3 aromatic heterocycles. The molecule has 2 atom stereocenters. The van der Waals surface area contributed by atoms with Gasteiger partial charge in [0.1, 0.15) is 22.9 Å². The molecule has 3 aromatic rings.